The SMILES string of the molecule is Cc1ccc2nc(Nc3ncnc(N4CCN(Cc5ccc6c(c5)OCO6)CC4)c3[N+](=O)[O-])sc2c1. The van der Waals surface area contributed by atoms with Crippen molar-refractivity contribution in [2.24, 2.45) is 0 Å². The quantitative estimate of drug-likeness (QED) is 0.303. The number of nitrogens with one attached hydrogen (secondary N) is 1. The van der Waals surface area contributed by atoms with Crippen LogP contribution in [0.25, 0.3) is 10.2 Å². The van der Waals surface area contributed by atoms with Gasteiger partial charge in [-0.3, -0.25) is 15.0 Å². The zero-order valence-corrected chi connectivity index (χ0v) is 20.3. The molecule has 0 saturated carbocycles. The summed E-state index contributed by atoms with van der Waals surface area (Å²) in [5, 5.41) is 15.7. The summed E-state index contributed by atoms with van der Waals surface area (Å²) in [5.74, 6) is 2.00. The summed E-state index contributed by atoms with van der Waals surface area (Å²) in [4.78, 5) is 29.0. The molecule has 2 aliphatic heterocycles. The maximum atomic E-state index is 12.1. The number of hydrogen-bond donors (Lipinski definition) is 1. The molecule has 2 aromatic heterocycles. The number of aryl methyl sites for hydroxylation is 1. The third-order valence-electron chi connectivity index (χ3n) is 6.27. The molecule has 6 rings (SSSR count). The number of benzene rings is 2. The fraction of sp³-hybridized carbons (Fsp3) is 0.292. The third kappa shape index (κ3) is 4.36. The number of thiazole rings is 1. The molecule has 1 fully saturated rings. The number of rotatable bonds is 6. The van der Waals surface area contributed by atoms with Crippen molar-refractivity contribution in [3.8, 4) is 11.5 Å². The molecule has 0 unspecified atom stereocenters. The van der Waals surface area contributed by atoms with Crippen LogP contribution in [0.3, 0.4) is 0 Å². The molecule has 1 saturated heterocycles. The van der Waals surface area contributed by atoms with Crippen LogP contribution in [0, 0.1) is 17.0 Å². The van der Waals surface area contributed by atoms with E-state index in [2.05, 4.69) is 25.2 Å². The highest BCUT2D eigenvalue weighted by Gasteiger charge is 2.30. The first-order chi connectivity index (χ1) is 17.5. The molecule has 12 heteroatoms. The second-order valence-corrected chi connectivity index (χ2v) is 9.75. The molecule has 1 N–H and O–H groups in total. The maximum Gasteiger partial charge on any atom is 0.353 e. The van der Waals surface area contributed by atoms with Gasteiger partial charge < -0.3 is 19.7 Å². The first-order valence-corrected chi connectivity index (χ1v) is 12.3. The second-order valence-electron chi connectivity index (χ2n) is 8.72. The van der Waals surface area contributed by atoms with Gasteiger partial charge in [-0.2, -0.15) is 0 Å². The van der Waals surface area contributed by atoms with E-state index in [1.54, 1.807) is 0 Å². The van der Waals surface area contributed by atoms with Gasteiger partial charge in [-0.15, -0.1) is 0 Å². The van der Waals surface area contributed by atoms with Gasteiger partial charge in [0.05, 0.1) is 15.1 Å². The van der Waals surface area contributed by atoms with Crippen LogP contribution in [-0.4, -0.2) is 57.7 Å². The number of aromatic nitrogens is 3. The predicted octanol–water partition coefficient (Wildman–Crippen LogP) is 4.10. The lowest BCUT2D eigenvalue weighted by molar-refractivity contribution is -0.383. The van der Waals surface area contributed by atoms with Crippen LogP contribution < -0.4 is 19.7 Å². The number of nitrogens with zero attached hydrogens (tertiary/aromatic N) is 6. The molecule has 2 aliphatic rings. The second kappa shape index (κ2) is 9.21. The zero-order valence-electron chi connectivity index (χ0n) is 19.5. The molecule has 0 bridgehead atoms. The minimum atomic E-state index is -0.422. The number of ether oxygens (including phenoxy) is 2. The summed E-state index contributed by atoms with van der Waals surface area (Å²) < 4.78 is 11.9. The number of anilines is 3. The Hall–Kier alpha value is -4.03. The van der Waals surface area contributed by atoms with Gasteiger partial charge in [0.1, 0.15) is 6.33 Å². The fourth-order valence-corrected chi connectivity index (χ4v) is 5.43. The Kier molecular flexibility index (Phi) is 5.74. The topological polar surface area (TPSA) is 119 Å². The number of hydrogen-bond acceptors (Lipinski definition) is 11. The Morgan fingerprint density at radius 1 is 1.08 bits per heavy atom. The average Bonchev–Trinajstić information content (AvgIpc) is 3.50. The van der Waals surface area contributed by atoms with E-state index in [0.717, 1.165) is 52.5 Å². The molecular formula is C24H23N7O4S. The van der Waals surface area contributed by atoms with E-state index in [1.807, 2.05) is 48.2 Å². The van der Waals surface area contributed by atoms with E-state index < -0.39 is 4.92 Å². The van der Waals surface area contributed by atoms with Crippen LogP contribution in [-0.2, 0) is 6.54 Å². The lowest BCUT2D eigenvalue weighted by atomic mass is 10.1. The largest absolute Gasteiger partial charge is 0.454 e. The molecule has 2 aromatic carbocycles. The van der Waals surface area contributed by atoms with Crippen LogP contribution in [0.5, 0.6) is 11.5 Å². The molecule has 0 atom stereocenters. The first-order valence-electron chi connectivity index (χ1n) is 11.5. The monoisotopic (exact) mass is 505 g/mol. The number of piperazine rings is 1. The van der Waals surface area contributed by atoms with E-state index >= 15 is 0 Å². The van der Waals surface area contributed by atoms with Crippen molar-refractivity contribution in [3.63, 3.8) is 0 Å². The van der Waals surface area contributed by atoms with E-state index in [0.29, 0.717) is 24.0 Å². The molecule has 0 spiro atoms. The van der Waals surface area contributed by atoms with Gasteiger partial charge in [0.25, 0.3) is 0 Å². The highest BCUT2D eigenvalue weighted by molar-refractivity contribution is 7.22. The van der Waals surface area contributed by atoms with Crippen molar-refractivity contribution >= 4 is 44.0 Å². The van der Waals surface area contributed by atoms with Crippen molar-refractivity contribution in [3.05, 3.63) is 64.0 Å². The van der Waals surface area contributed by atoms with Gasteiger partial charge in [0.15, 0.2) is 16.6 Å². The minimum Gasteiger partial charge on any atom is -0.454 e. The van der Waals surface area contributed by atoms with Crippen LogP contribution in [0.2, 0.25) is 0 Å². The summed E-state index contributed by atoms with van der Waals surface area (Å²) in [7, 11) is 0. The Balaban J connectivity index is 1.18. The third-order valence-corrected chi connectivity index (χ3v) is 7.20. The first kappa shape index (κ1) is 22.4. The highest BCUT2D eigenvalue weighted by atomic mass is 32.1. The number of nitro groups is 1. The lowest BCUT2D eigenvalue weighted by Gasteiger charge is -2.35. The zero-order chi connectivity index (χ0) is 24.6. The van der Waals surface area contributed by atoms with Crippen molar-refractivity contribution in [2.45, 2.75) is 13.5 Å². The van der Waals surface area contributed by atoms with E-state index in [-0.39, 0.29) is 18.3 Å². The molecule has 0 amide bonds. The van der Waals surface area contributed by atoms with Crippen molar-refractivity contribution in [1.82, 2.24) is 19.9 Å². The Morgan fingerprint density at radius 3 is 2.75 bits per heavy atom. The minimum absolute atomic E-state index is 0.142. The smallest absolute Gasteiger partial charge is 0.353 e. The van der Waals surface area contributed by atoms with Crippen molar-refractivity contribution in [2.75, 3.05) is 43.2 Å². The predicted molar refractivity (Wildman–Crippen MR) is 136 cm³/mol. The van der Waals surface area contributed by atoms with Crippen molar-refractivity contribution < 1.29 is 14.4 Å². The van der Waals surface area contributed by atoms with Gasteiger partial charge >= 0.3 is 5.69 Å². The van der Waals surface area contributed by atoms with Crippen LogP contribution in [0.4, 0.5) is 22.5 Å². The van der Waals surface area contributed by atoms with Gasteiger partial charge in [-0.05, 0) is 42.3 Å². The Morgan fingerprint density at radius 2 is 1.92 bits per heavy atom. The Labute approximate surface area is 210 Å². The van der Waals surface area contributed by atoms with E-state index in [9.17, 15) is 10.1 Å². The van der Waals surface area contributed by atoms with Gasteiger partial charge in [0, 0.05) is 32.7 Å². The summed E-state index contributed by atoms with van der Waals surface area (Å²) >= 11 is 1.43. The molecule has 0 aliphatic carbocycles. The normalized spacial score (nSPS) is 15.4. The summed E-state index contributed by atoms with van der Waals surface area (Å²) in [6.07, 6.45) is 1.36. The van der Waals surface area contributed by atoms with Gasteiger partial charge in [-0.25, -0.2) is 15.0 Å². The lowest BCUT2D eigenvalue weighted by Crippen LogP contribution is -2.46. The van der Waals surface area contributed by atoms with E-state index in [1.165, 1.54) is 17.7 Å². The standard InChI is InChI=1S/C24H23N7O4S/c1-15-2-4-17-20(10-15)36-24(27-17)28-22-21(31(32)33)23(26-13-25-22)30-8-6-29(7-9-30)12-16-3-5-18-19(11-16)35-14-34-18/h2-5,10-11,13H,6-9,12,14H2,1H3,(H,25,26,27,28). The summed E-state index contributed by atoms with van der Waals surface area (Å²) in [6.45, 7) is 5.75. The molecule has 4 aromatic rings. The molecule has 184 valence electrons. The van der Waals surface area contributed by atoms with Gasteiger partial charge in [-0.1, -0.05) is 23.5 Å². The molecule has 36 heavy (non-hydrogen) atoms. The van der Waals surface area contributed by atoms with Crippen LogP contribution in [0.15, 0.2) is 42.7 Å². The average molecular weight is 506 g/mol. The molecule has 0 radical (unpaired) electrons. The van der Waals surface area contributed by atoms with Crippen LogP contribution >= 0.6 is 11.3 Å². The maximum absolute atomic E-state index is 12.1. The Bertz CT molecular complexity index is 1450. The molecule has 4 heterocycles. The fourth-order valence-electron chi connectivity index (χ4n) is 4.46. The summed E-state index contributed by atoms with van der Waals surface area (Å²) in [6, 6.07) is 11.9. The van der Waals surface area contributed by atoms with Gasteiger partial charge in [0.2, 0.25) is 18.4 Å². The molecular weight excluding hydrogens is 482 g/mol. The van der Waals surface area contributed by atoms with E-state index in [4.69, 9.17) is 9.47 Å². The highest BCUT2D eigenvalue weighted by Crippen LogP contribution is 2.37. The van der Waals surface area contributed by atoms with Crippen molar-refractivity contribution in [1.29, 1.82) is 0 Å². The summed E-state index contributed by atoms with van der Waals surface area (Å²) in [5.41, 5.74) is 2.96. The number of fused-ring (bicyclic) bond motifs is 2. The van der Waals surface area contributed by atoms with Crippen LogP contribution in [0.1, 0.15) is 11.1 Å². The molecule has 11 nitrogen and oxygen atoms in total.